The first-order chi connectivity index (χ1) is 10.8. The maximum absolute atomic E-state index is 11.6. The normalized spacial score (nSPS) is 11.9. The molecule has 0 saturated carbocycles. The zero-order valence-electron chi connectivity index (χ0n) is 14.3. The van der Waals surface area contributed by atoms with Crippen LogP contribution in [0.25, 0.3) is 0 Å². The van der Waals surface area contributed by atoms with Gasteiger partial charge in [0.2, 0.25) is 11.8 Å². The van der Waals surface area contributed by atoms with Gasteiger partial charge in [-0.25, -0.2) is 0 Å². The molecule has 23 heavy (non-hydrogen) atoms. The van der Waals surface area contributed by atoms with Crippen molar-refractivity contribution in [3.63, 3.8) is 0 Å². The zero-order chi connectivity index (χ0) is 17.4. The molecule has 1 atom stereocenters. The molecule has 0 heterocycles. The van der Waals surface area contributed by atoms with Gasteiger partial charge in [0.25, 0.3) is 0 Å². The average Bonchev–Trinajstić information content (AvgIpc) is 2.47. The van der Waals surface area contributed by atoms with Crippen molar-refractivity contribution in [1.29, 1.82) is 0 Å². The molecule has 0 aliphatic carbocycles. The number of rotatable bonds is 8. The Labute approximate surface area is 137 Å². The number of benzene rings is 1. The lowest BCUT2D eigenvalue weighted by Crippen LogP contribution is -2.47. The van der Waals surface area contributed by atoms with E-state index in [2.05, 4.69) is 16.7 Å². The third kappa shape index (κ3) is 7.15. The van der Waals surface area contributed by atoms with Crippen molar-refractivity contribution in [3.8, 4) is 5.75 Å². The second-order valence-electron chi connectivity index (χ2n) is 6.01. The highest BCUT2D eigenvalue weighted by atomic mass is 16.5. The summed E-state index contributed by atoms with van der Waals surface area (Å²) in [6, 6.07) is 5.36. The van der Waals surface area contributed by atoms with Gasteiger partial charge in [0.1, 0.15) is 12.4 Å². The van der Waals surface area contributed by atoms with Gasteiger partial charge in [-0.05, 0) is 43.0 Å². The topological polar surface area (TPSA) is 93.5 Å². The minimum Gasteiger partial charge on any atom is -0.492 e. The number of nitrogens with two attached hydrogens (primary N) is 1. The minimum atomic E-state index is -0.601. The van der Waals surface area contributed by atoms with E-state index in [1.54, 1.807) is 0 Å². The van der Waals surface area contributed by atoms with Crippen LogP contribution in [0.15, 0.2) is 18.2 Å². The third-order valence-corrected chi connectivity index (χ3v) is 3.33. The lowest BCUT2D eigenvalue weighted by atomic mass is 10.1. The number of hydrogen-bond acceptors (Lipinski definition) is 4. The standard InChI is InChI=1S/C17H27N3O3/c1-11(2)16(18)17(22)20-10-15(21)19-5-6-23-14-8-12(3)7-13(4)9-14/h7-9,11,16H,5-6,10,18H2,1-4H3,(H,19,21)(H,20,22)/t16-/m0/s1. The Bertz CT molecular complexity index is 524. The number of aryl methyl sites for hydroxylation is 2. The molecule has 0 unspecified atom stereocenters. The summed E-state index contributed by atoms with van der Waals surface area (Å²) in [5.41, 5.74) is 7.96. The first kappa shape index (κ1) is 19.0. The molecule has 0 spiro atoms. The molecule has 0 saturated heterocycles. The number of nitrogens with one attached hydrogen (secondary N) is 2. The molecular weight excluding hydrogens is 294 g/mol. The molecule has 1 rings (SSSR count). The molecule has 0 fully saturated rings. The SMILES string of the molecule is Cc1cc(C)cc(OCCNC(=O)CNC(=O)[C@@H](N)C(C)C)c1. The summed E-state index contributed by atoms with van der Waals surface area (Å²) in [7, 11) is 0. The summed E-state index contributed by atoms with van der Waals surface area (Å²) in [6.07, 6.45) is 0. The van der Waals surface area contributed by atoms with E-state index < -0.39 is 6.04 Å². The number of carbonyl (C=O) groups excluding carboxylic acids is 2. The van der Waals surface area contributed by atoms with Crippen molar-refractivity contribution in [1.82, 2.24) is 10.6 Å². The first-order valence-corrected chi connectivity index (χ1v) is 7.80. The number of hydrogen-bond donors (Lipinski definition) is 3. The van der Waals surface area contributed by atoms with Crippen LogP contribution in [0.2, 0.25) is 0 Å². The quantitative estimate of drug-likeness (QED) is 0.620. The maximum atomic E-state index is 11.6. The number of amides is 2. The highest BCUT2D eigenvalue weighted by Crippen LogP contribution is 2.15. The Balaban J connectivity index is 2.23. The summed E-state index contributed by atoms with van der Waals surface area (Å²) in [5, 5.41) is 5.21. The van der Waals surface area contributed by atoms with Gasteiger partial charge in [0, 0.05) is 0 Å². The third-order valence-electron chi connectivity index (χ3n) is 3.33. The van der Waals surface area contributed by atoms with Crippen LogP contribution in [-0.4, -0.2) is 37.6 Å². The van der Waals surface area contributed by atoms with Crippen LogP contribution in [0.3, 0.4) is 0 Å². The Hall–Kier alpha value is -2.08. The van der Waals surface area contributed by atoms with Crippen LogP contribution in [-0.2, 0) is 9.59 Å². The van der Waals surface area contributed by atoms with Gasteiger partial charge >= 0.3 is 0 Å². The Kier molecular flexibility index (Phi) is 7.54. The molecule has 4 N–H and O–H groups in total. The molecule has 0 aliphatic rings. The van der Waals surface area contributed by atoms with E-state index in [1.165, 1.54) is 0 Å². The van der Waals surface area contributed by atoms with Gasteiger partial charge in [0.05, 0.1) is 19.1 Å². The molecule has 0 radical (unpaired) electrons. The van der Waals surface area contributed by atoms with Crippen molar-refractivity contribution in [3.05, 3.63) is 29.3 Å². The summed E-state index contributed by atoms with van der Waals surface area (Å²) < 4.78 is 5.59. The minimum absolute atomic E-state index is 0.0317. The van der Waals surface area contributed by atoms with E-state index in [9.17, 15) is 9.59 Å². The van der Waals surface area contributed by atoms with Crippen molar-refractivity contribution < 1.29 is 14.3 Å². The molecule has 1 aromatic carbocycles. The summed E-state index contributed by atoms with van der Waals surface area (Å²) in [4.78, 5) is 23.3. The van der Waals surface area contributed by atoms with E-state index in [-0.39, 0.29) is 24.3 Å². The molecule has 128 valence electrons. The summed E-state index contributed by atoms with van der Waals surface area (Å²) in [6.45, 7) is 8.39. The van der Waals surface area contributed by atoms with E-state index in [0.29, 0.717) is 13.2 Å². The Morgan fingerprint density at radius 1 is 1.13 bits per heavy atom. The number of carbonyl (C=O) groups is 2. The van der Waals surface area contributed by atoms with E-state index in [4.69, 9.17) is 10.5 Å². The van der Waals surface area contributed by atoms with Gasteiger partial charge in [-0.2, -0.15) is 0 Å². The Morgan fingerprint density at radius 3 is 2.30 bits per heavy atom. The predicted molar refractivity (Wildman–Crippen MR) is 90.2 cm³/mol. The molecule has 2 amide bonds. The Morgan fingerprint density at radius 2 is 1.74 bits per heavy atom. The fourth-order valence-electron chi connectivity index (χ4n) is 2.03. The zero-order valence-corrected chi connectivity index (χ0v) is 14.3. The molecule has 6 nitrogen and oxygen atoms in total. The lowest BCUT2D eigenvalue weighted by molar-refractivity contribution is -0.127. The van der Waals surface area contributed by atoms with Crippen molar-refractivity contribution >= 4 is 11.8 Å². The second kappa shape index (κ2) is 9.15. The predicted octanol–water partition coefficient (Wildman–Crippen LogP) is 0.898. The van der Waals surface area contributed by atoms with Crippen molar-refractivity contribution in [2.75, 3.05) is 19.7 Å². The van der Waals surface area contributed by atoms with Crippen molar-refractivity contribution in [2.24, 2.45) is 11.7 Å². The van der Waals surface area contributed by atoms with Crippen LogP contribution in [0.5, 0.6) is 5.75 Å². The van der Waals surface area contributed by atoms with Crippen molar-refractivity contribution in [2.45, 2.75) is 33.7 Å². The van der Waals surface area contributed by atoms with Crippen LogP contribution < -0.4 is 21.1 Å². The fraction of sp³-hybridized carbons (Fsp3) is 0.529. The molecule has 0 aromatic heterocycles. The molecule has 0 bridgehead atoms. The smallest absolute Gasteiger partial charge is 0.239 e. The molecule has 0 aliphatic heterocycles. The van der Waals surface area contributed by atoms with Crippen LogP contribution in [0.4, 0.5) is 0 Å². The average molecular weight is 321 g/mol. The van der Waals surface area contributed by atoms with Crippen LogP contribution in [0, 0.1) is 19.8 Å². The monoisotopic (exact) mass is 321 g/mol. The van der Waals surface area contributed by atoms with Gasteiger partial charge in [-0.3, -0.25) is 9.59 Å². The second-order valence-corrected chi connectivity index (χ2v) is 6.01. The van der Waals surface area contributed by atoms with E-state index in [0.717, 1.165) is 16.9 Å². The largest absolute Gasteiger partial charge is 0.492 e. The highest BCUT2D eigenvalue weighted by molar-refractivity contribution is 5.87. The summed E-state index contributed by atoms with van der Waals surface area (Å²) >= 11 is 0. The van der Waals surface area contributed by atoms with Gasteiger partial charge in [-0.15, -0.1) is 0 Å². The fourth-order valence-corrected chi connectivity index (χ4v) is 2.03. The first-order valence-electron chi connectivity index (χ1n) is 7.80. The molecule has 6 heteroatoms. The summed E-state index contributed by atoms with van der Waals surface area (Å²) in [5.74, 6) is 0.233. The van der Waals surface area contributed by atoms with Gasteiger partial charge in [-0.1, -0.05) is 19.9 Å². The van der Waals surface area contributed by atoms with E-state index in [1.807, 2.05) is 39.8 Å². The molecular formula is C17H27N3O3. The van der Waals surface area contributed by atoms with Gasteiger partial charge < -0.3 is 21.1 Å². The van der Waals surface area contributed by atoms with E-state index >= 15 is 0 Å². The van der Waals surface area contributed by atoms with Crippen LogP contribution >= 0.6 is 0 Å². The lowest BCUT2D eigenvalue weighted by Gasteiger charge is -2.15. The maximum Gasteiger partial charge on any atom is 0.239 e. The number of ether oxygens (including phenoxy) is 1. The molecule has 1 aromatic rings. The van der Waals surface area contributed by atoms with Gasteiger partial charge in [0.15, 0.2) is 0 Å². The van der Waals surface area contributed by atoms with Crippen LogP contribution in [0.1, 0.15) is 25.0 Å². The highest BCUT2D eigenvalue weighted by Gasteiger charge is 2.17.